The number of aryl methyl sites for hydroxylation is 1. The minimum absolute atomic E-state index is 0.00433. The van der Waals surface area contributed by atoms with Crippen molar-refractivity contribution in [3.63, 3.8) is 0 Å². The Kier molecular flexibility index (Phi) is 2.56. The second kappa shape index (κ2) is 3.63. The SMILES string of the molecule is Cn1c(C(F)(F)F)nc2cc(C(F)(F)F)ccc21. The molecular formula is C10H6F6N2. The maximum Gasteiger partial charge on any atom is 0.449 e. The summed E-state index contributed by atoms with van der Waals surface area (Å²) in [5.41, 5.74) is -1.36. The van der Waals surface area contributed by atoms with E-state index in [2.05, 4.69) is 4.98 Å². The van der Waals surface area contributed by atoms with E-state index in [1.165, 1.54) is 0 Å². The molecule has 0 saturated heterocycles. The molecule has 0 radical (unpaired) electrons. The molecule has 18 heavy (non-hydrogen) atoms. The largest absolute Gasteiger partial charge is 0.449 e. The second-order valence-corrected chi connectivity index (χ2v) is 3.69. The molecule has 2 nitrogen and oxygen atoms in total. The van der Waals surface area contributed by atoms with Gasteiger partial charge in [-0.3, -0.25) is 0 Å². The van der Waals surface area contributed by atoms with E-state index in [4.69, 9.17) is 0 Å². The molecule has 0 aliphatic heterocycles. The molecule has 0 N–H and O–H groups in total. The van der Waals surface area contributed by atoms with Crippen molar-refractivity contribution in [2.75, 3.05) is 0 Å². The summed E-state index contributed by atoms with van der Waals surface area (Å²) in [6.45, 7) is 0. The average Bonchev–Trinajstić information content (AvgIpc) is 2.54. The van der Waals surface area contributed by atoms with Gasteiger partial charge in [-0.2, -0.15) is 26.3 Å². The van der Waals surface area contributed by atoms with Gasteiger partial charge < -0.3 is 4.57 Å². The molecule has 8 heteroatoms. The van der Waals surface area contributed by atoms with E-state index in [1.54, 1.807) is 0 Å². The first-order valence-corrected chi connectivity index (χ1v) is 4.71. The molecule has 98 valence electrons. The van der Waals surface area contributed by atoms with Crippen molar-refractivity contribution in [3.05, 3.63) is 29.6 Å². The van der Waals surface area contributed by atoms with Gasteiger partial charge in [0.2, 0.25) is 5.82 Å². The Labute approximate surface area is 96.8 Å². The van der Waals surface area contributed by atoms with Gasteiger partial charge in [-0.1, -0.05) is 0 Å². The first-order valence-electron chi connectivity index (χ1n) is 4.71. The van der Waals surface area contributed by atoms with Gasteiger partial charge in [0.15, 0.2) is 0 Å². The highest BCUT2D eigenvalue weighted by Crippen LogP contribution is 2.34. The van der Waals surface area contributed by atoms with Gasteiger partial charge >= 0.3 is 12.4 Å². The molecule has 0 bridgehead atoms. The Bertz CT molecular complexity index is 593. The smallest absolute Gasteiger partial charge is 0.323 e. The monoisotopic (exact) mass is 268 g/mol. The third-order valence-corrected chi connectivity index (χ3v) is 2.46. The van der Waals surface area contributed by atoms with Crippen LogP contribution >= 0.6 is 0 Å². The molecule has 0 spiro atoms. The number of fused-ring (bicyclic) bond motifs is 1. The van der Waals surface area contributed by atoms with Crippen molar-refractivity contribution < 1.29 is 26.3 Å². The van der Waals surface area contributed by atoms with Crippen molar-refractivity contribution in [1.29, 1.82) is 0 Å². The lowest BCUT2D eigenvalue weighted by Crippen LogP contribution is -2.12. The summed E-state index contributed by atoms with van der Waals surface area (Å²) in [7, 11) is 1.10. The number of nitrogens with zero attached hydrogens (tertiary/aromatic N) is 2. The lowest BCUT2D eigenvalue weighted by atomic mass is 10.2. The number of hydrogen-bond donors (Lipinski definition) is 0. The van der Waals surface area contributed by atoms with Gasteiger partial charge in [-0.15, -0.1) is 0 Å². The zero-order valence-electron chi connectivity index (χ0n) is 8.89. The van der Waals surface area contributed by atoms with E-state index in [0.717, 1.165) is 23.7 Å². The number of rotatable bonds is 0. The molecule has 0 fully saturated rings. The van der Waals surface area contributed by atoms with Crippen LogP contribution in [-0.4, -0.2) is 9.55 Å². The van der Waals surface area contributed by atoms with Crippen molar-refractivity contribution >= 4 is 11.0 Å². The highest BCUT2D eigenvalue weighted by Gasteiger charge is 2.37. The van der Waals surface area contributed by atoms with E-state index in [0.29, 0.717) is 6.07 Å². The van der Waals surface area contributed by atoms with Gasteiger partial charge in [0.25, 0.3) is 0 Å². The summed E-state index contributed by atoms with van der Waals surface area (Å²) < 4.78 is 75.5. The first kappa shape index (κ1) is 12.7. The Morgan fingerprint density at radius 2 is 1.61 bits per heavy atom. The molecule has 1 aromatic carbocycles. The lowest BCUT2D eigenvalue weighted by molar-refractivity contribution is -0.146. The van der Waals surface area contributed by atoms with E-state index in [-0.39, 0.29) is 11.0 Å². The fourth-order valence-corrected chi connectivity index (χ4v) is 1.63. The number of aromatic nitrogens is 2. The zero-order valence-corrected chi connectivity index (χ0v) is 8.89. The third-order valence-electron chi connectivity index (χ3n) is 2.46. The summed E-state index contributed by atoms with van der Waals surface area (Å²) in [6, 6.07) is 2.30. The topological polar surface area (TPSA) is 17.8 Å². The standard InChI is InChI=1S/C10H6F6N2/c1-18-7-3-2-5(9(11,12)13)4-6(7)17-8(18)10(14,15)16/h2-4H,1H3. The first-order chi connectivity index (χ1) is 8.10. The highest BCUT2D eigenvalue weighted by molar-refractivity contribution is 5.77. The molecule has 1 heterocycles. The van der Waals surface area contributed by atoms with Crippen LogP contribution in [0.25, 0.3) is 11.0 Å². The minimum atomic E-state index is -4.70. The van der Waals surface area contributed by atoms with Crippen LogP contribution in [0.3, 0.4) is 0 Å². The maximum absolute atomic E-state index is 12.5. The Balaban J connectivity index is 2.67. The molecular weight excluding hydrogens is 262 g/mol. The van der Waals surface area contributed by atoms with Crippen molar-refractivity contribution in [2.24, 2.45) is 7.05 Å². The normalized spacial score (nSPS) is 13.3. The third kappa shape index (κ3) is 2.02. The minimum Gasteiger partial charge on any atom is -0.323 e. The molecule has 0 aliphatic carbocycles. The van der Waals surface area contributed by atoms with Crippen LogP contribution < -0.4 is 0 Å². The molecule has 0 atom stereocenters. The Hall–Kier alpha value is -1.73. The van der Waals surface area contributed by atoms with Gasteiger partial charge in [-0.05, 0) is 18.2 Å². The van der Waals surface area contributed by atoms with Gasteiger partial charge in [0.05, 0.1) is 16.6 Å². The number of alkyl halides is 6. The van der Waals surface area contributed by atoms with Crippen molar-refractivity contribution in [2.45, 2.75) is 12.4 Å². The average molecular weight is 268 g/mol. The molecule has 0 amide bonds. The number of halogens is 6. The van der Waals surface area contributed by atoms with Crippen LogP contribution in [0.4, 0.5) is 26.3 Å². The summed E-state index contributed by atoms with van der Waals surface area (Å²) >= 11 is 0. The predicted molar refractivity (Wildman–Crippen MR) is 50.7 cm³/mol. The van der Waals surface area contributed by atoms with Gasteiger partial charge in [0.1, 0.15) is 0 Å². The number of hydrogen-bond acceptors (Lipinski definition) is 1. The van der Waals surface area contributed by atoms with E-state index in [1.807, 2.05) is 0 Å². The van der Waals surface area contributed by atoms with Crippen LogP contribution in [-0.2, 0) is 19.4 Å². The Morgan fingerprint density at radius 3 is 2.11 bits per heavy atom. The van der Waals surface area contributed by atoms with Crippen molar-refractivity contribution in [3.8, 4) is 0 Å². The van der Waals surface area contributed by atoms with Crippen LogP contribution in [0.2, 0.25) is 0 Å². The molecule has 2 rings (SSSR count). The van der Waals surface area contributed by atoms with E-state index >= 15 is 0 Å². The maximum atomic E-state index is 12.5. The fourth-order valence-electron chi connectivity index (χ4n) is 1.63. The Morgan fingerprint density at radius 1 is 1.00 bits per heavy atom. The summed E-state index contributed by atoms with van der Waals surface area (Å²) in [4.78, 5) is 3.20. The second-order valence-electron chi connectivity index (χ2n) is 3.69. The van der Waals surface area contributed by atoms with Crippen molar-refractivity contribution in [1.82, 2.24) is 9.55 Å². The zero-order chi connectivity index (χ0) is 13.7. The quantitative estimate of drug-likeness (QED) is 0.667. The number of imidazole rings is 1. The molecule has 0 aliphatic rings. The molecule has 0 saturated carbocycles. The van der Waals surface area contributed by atoms with Crippen LogP contribution in [0.5, 0.6) is 0 Å². The van der Waals surface area contributed by atoms with Gasteiger partial charge in [-0.25, -0.2) is 4.98 Å². The molecule has 2 aromatic rings. The van der Waals surface area contributed by atoms with Crippen LogP contribution in [0, 0.1) is 0 Å². The van der Waals surface area contributed by atoms with Crippen LogP contribution in [0.1, 0.15) is 11.4 Å². The highest BCUT2D eigenvalue weighted by atomic mass is 19.4. The van der Waals surface area contributed by atoms with E-state index < -0.39 is 23.7 Å². The number of benzene rings is 1. The van der Waals surface area contributed by atoms with E-state index in [9.17, 15) is 26.3 Å². The van der Waals surface area contributed by atoms with Gasteiger partial charge in [0, 0.05) is 7.05 Å². The predicted octanol–water partition coefficient (Wildman–Crippen LogP) is 3.61. The fraction of sp³-hybridized carbons (Fsp3) is 0.300. The van der Waals surface area contributed by atoms with Crippen LogP contribution in [0.15, 0.2) is 18.2 Å². The summed E-state index contributed by atoms with van der Waals surface area (Å²) in [6.07, 6.45) is -9.31. The molecule has 1 aromatic heterocycles. The lowest BCUT2D eigenvalue weighted by Gasteiger charge is -2.06. The molecule has 0 unspecified atom stereocenters. The summed E-state index contributed by atoms with van der Waals surface area (Å²) in [5.74, 6) is -1.23. The summed E-state index contributed by atoms with van der Waals surface area (Å²) in [5, 5.41) is 0.